The summed E-state index contributed by atoms with van der Waals surface area (Å²) >= 11 is 1.92. The van der Waals surface area contributed by atoms with Crippen LogP contribution in [0.2, 0.25) is 0 Å². The van der Waals surface area contributed by atoms with Crippen LogP contribution < -0.4 is 11.1 Å². The molecule has 6 heteroatoms. The molecule has 0 aromatic heterocycles. The van der Waals surface area contributed by atoms with Crippen LogP contribution in [0.1, 0.15) is 5.56 Å². The van der Waals surface area contributed by atoms with Gasteiger partial charge in [-0.05, 0) is 34.7 Å². The second kappa shape index (κ2) is 3.84. The van der Waals surface area contributed by atoms with Gasteiger partial charge in [0, 0.05) is 22.0 Å². The minimum atomic E-state index is -4.40. The lowest BCUT2D eigenvalue weighted by Crippen LogP contribution is -2.10. The third-order valence-corrected chi connectivity index (χ3v) is 2.61. The molecule has 14 heavy (non-hydrogen) atoms. The summed E-state index contributed by atoms with van der Waals surface area (Å²) in [5, 5.41) is 2.67. The summed E-state index contributed by atoms with van der Waals surface area (Å²) in [4.78, 5) is 0. The smallest absolute Gasteiger partial charge is 0.398 e. The lowest BCUT2D eigenvalue weighted by molar-refractivity contribution is -0.136. The number of nitrogens with two attached hydrogens (primary N) is 1. The summed E-state index contributed by atoms with van der Waals surface area (Å²) in [6.07, 6.45) is -4.40. The van der Waals surface area contributed by atoms with Crippen LogP contribution in [0.25, 0.3) is 0 Å². The molecule has 1 rings (SSSR count). The van der Waals surface area contributed by atoms with Crippen molar-refractivity contribution in [3.05, 3.63) is 21.3 Å². The van der Waals surface area contributed by atoms with E-state index in [1.165, 1.54) is 6.07 Å². The van der Waals surface area contributed by atoms with Crippen LogP contribution in [0.4, 0.5) is 24.5 Å². The molecule has 0 aliphatic heterocycles. The molecule has 0 radical (unpaired) electrons. The molecule has 3 N–H and O–H groups in total. The summed E-state index contributed by atoms with van der Waals surface area (Å²) < 4.78 is 37.8. The largest absolute Gasteiger partial charge is 0.418 e. The molecule has 0 saturated heterocycles. The Morgan fingerprint density at radius 3 is 2.36 bits per heavy atom. The predicted molar refractivity (Wildman–Crippen MR) is 58.1 cm³/mol. The van der Waals surface area contributed by atoms with Crippen LogP contribution in [-0.2, 0) is 6.18 Å². The Balaban J connectivity index is 3.32. The molecule has 78 valence electrons. The average molecular weight is 316 g/mol. The van der Waals surface area contributed by atoms with E-state index in [9.17, 15) is 13.2 Å². The fraction of sp³-hybridized carbons (Fsp3) is 0.250. The second-order valence-corrected chi connectivity index (χ2v) is 3.83. The number of nitrogens with one attached hydrogen (secondary N) is 1. The van der Waals surface area contributed by atoms with Crippen molar-refractivity contribution < 1.29 is 13.2 Å². The summed E-state index contributed by atoms with van der Waals surface area (Å²) in [5.74, 6) is 0. The van der Waals surface area contributed by atoms with Crippen molar-refractivity contribution in [3.8, 4) is 0 Å². The number of nitrogen functional groups attached to an aromatic ring is 1. The van der Waals surface area contributed by atoms with Crippen molar-refractivity contribution in [2.45, 2.75) is 6.18 Å². The maximum absolute atomic E-state index is 12.4. The predicted octanol–water partition coefficient (Wildman–Crippen LogP) is 2.93. The number of alkyl halides is 3. The fourth-order valence-corrected chi connectivity index (χ4v) is 1.79. The monoisotopic (exact) mass is 316 g/mol. The Morgan fingerprint density at radius 2 is 1.93 bits per heavy atom. The first-order valence-electron chi connectivity index (χ1n) is 3.70. The van der Waals surface area contributed by atoms with Gasteiger partial charge in [0.2, 0.25) is 0 Å². The van der Waals surface area contributed by atoms with E-state index in [-0.39, 0.29) is 5.69 Å². The van der Waals surface area contributed by atoms with Gasteiger partial charge < -0.3 is 11.1 Å². The minimum absolute atomic E-state index is 0.249. The number of rotatable bonds is 1. The van der Waals surface area contributed by atoms with Crippen LogP contribution in [0.5, 0.6) is 0 Å². The van der Waals surface area contributed by atoms with Crippen LogP contribution in [0, 0.1) is 3.57 Å². The highest BCUT2D eigenvalue weighted by Gasteiger charge is 2.33. The molecule has 0 amide bonds. The van der Waals surface area contributed by atoms with Crippen molar-refractivity contribution in [2.24, 2.45) is 0 Å². The second-order valence-electron chi connectivity index (χ2n) is 2.67. The van der Waals surface area contributed by atoms with Crippen LogP contribution >= 0.6 is 22.6 Å². The Labute approximate surface area is 92.8 Å². The Bertz CT molecular complexity index is 349. The Kier molecular flexibility index (Phi) is 3.13. The zero-order chi connectivity index (χ0) is 10.9. The lowest BCUT2D eigenvalue weighted by atomic mass is 10.1. The number of halogens is 4. The highest BCUT2D eigenvalue weighted by atomic mass is 127. The fourth-order valence-electron chi connectivity index (χ4n) is 1.03. The molecule has 0 aliphatic carbocycles. The van der Waals surface area contributed by atoms with Crippen LogP contribution in [0.3, 0.4) is 0 Å². The molecule has 0 atom stereocenters. The molecule has 0 bridgehead atoms. The van der Waals surface area contributed by atoms with E-state index in [1.54, 1.807) is 7.05 Å². The number of anilines is 2. The van der Waals surface area contributed by atoms with E-state index in [0.717, 1.165) is 6.07 Å². The van der Waals surface area contributed by atoms with Crippen molar-refractivity contribution >= 4 is 34.0 Å². The maximum atomic E-state index is 12.4. The summed E-state index contributed by atoms with van der Waals surface area (Å²) in [6.45, 7) is 0. The van der Waals surface area contributed by atoms with E-state index < -0.39 is 11.7 Å². The molecular formula is C8H8F3IN2. The van der Waals surface area contributed by atoms with Gasteiger partial charge in [0.15, 0.2) is 0 Å². The lowest BCUT2D eigenvalue weighted by Gasteiger charge is -2.13. The molecule has 0 fully saturated rings. The Morgan fingerprint density at radius 1 is 1.36 bits per heavy atom. The minimum Gasteiger partial charge on any atom is -0.398 e. The van der Waals surface area contributed by atoms with Gasteiger partial charge in [-0.15, -0.1) is 0 Å². The topological polar surface area (TPSA) is 38.0 Å². The van der Waals surface area contributed by atoms with Gasteiger partial charge in [0.1, 0.15) is 0 Å². The highest BCUT2D eigenvalue weighted by molar-refractivity contribution is 14.1. The van der Waals surface area contributed by atoms with Gasteiger partial charge in [-0.3, -0.25) is 0 Å². The third kappa shape index (κ3) is 2.23. The van der Waals surface area contributed by atoms with Gasteiger partial charge in [0.05, 0.1) is 5.56 Å². The van der Waals surface area contributed by atoms with E-state index >= 15 is 0 Å². The van der Waals surface area contributed by atoms with Crippen LogP contribution in [-0.4, -0.2) is 7.05 Å². The molecule has 0 aliphatic rings. The zero-order valence-electron chi connectivity index (χ0n) is 7.24. The van der Waals surface area contributed by atoms with Crippen molar-refractivity contribution in [3.63, 3.8) is 0 Å². The molecule has 1 aromatic carbocycles. The van der Waals surface area contributed by atoms with Gasteiger partial charge in [0.25, 0.3) is 0 Å². The number of hydrogen-bond donors (Lipinski definition) is 2. The number of benzene rings is 1. The SMILES string of the molecule is CNc1cc(C(F)(F)F)c(N)cc1I. The highest BCUT2D eigenvalue weighted by Crippen LogP contribution is 2.36. The van der Waals surface area contributed by atoms with E-state index in [2.05, 4.69) is 5.32 Å². The number of hydrogen-bond acceptors (Lipinski definition) is 2. The first kappa shape index (κ1) is 11.4. The van der Waals surface area contributed by atoms with Gasteiger partial charge >= 0.3 is 6.18 Å². The molecule has 0 heterocycles. The van der Waals surface area contributed by atoms with Gasteiger partial charge in [-0.1, -0.05) is 0 Å². The first-order chi connectivity index (χ1) is 6.36. The normalized spacial score (nSPS) is 11.5. The summed E-state index contributed by atoms with van der Waals surface area (Å²) in [5.41, 5.74) is 4.65. The molecule has 0 saturated carbocycles. The van der Waals surface area contributed by atoms with Crippen molar-refractivity contribution in [1.29, 1.82) is 0 Å². The third-order valence-electron chi connectivity index (χ3n) is 1.71. The first-order valence-corrected chi connectivity index (χ1v) is 4.78. The molecule has 0 spiro atoms. The van der Waals surface area contributed by atoms with Gasteiger partial charge in [-0.25, -0.2) is 0 Å². The quantitative estimate of drug-likeness (QED) is 0.617. The standard InChI is InChI=1S/C8H8F3IN2/c1-14-7-2-4(8(9,10)11)6(13)3-5(7)12/h2-3,14H,13H2,1H3. The van der Waals surface area contributed by atoms with Crippen molar-refractivity contribution in [2.75, 3.05) is 18.1 Å². The molecule has 2 nitrogen and oxygen atoms in total. The Hall–Kier alpha value is -0.660. The zero-order valence-corrected chi connectivity index (χ0v) is 9.40. The maximum Gasteiger partial charge on any atom is 0.418 e. The van der Waals surface area contributed by atoms with Crippen LogP contribution in [0.15, 0.2) is 12.1 Å². The van der Waals surface area contributed by atoms with Gasteiger partial charge in [-0.2, -0.15) is 13.2 Å². The molecular weight excluding hydrogens is 308 g/mol. The molecule has 1 aromatic rings. The van der Waals surface area contributed by atoms with E-state index in [4.69, 9.17) is 5.73 Å². The summed E-state index contributed by atoms with van der Waals surface area (Å²) in [7, 11) is 1.56. The average Bonchev–Trinajstić information content (AvgIpc) is 2.02. The van der Waals surface area contributed by atoms with E-state index in [0.29, 0.717) is 9.26 Å². The molecule has 0 unspecified atom stereocenters. The summed E-state index contributed by atoms with van der Waals surface area (Å²) in [6, 6.07) is 2.31. The van der Waals surface area contributed by atoms with E-state index in [1.807, 2.05) is 22.6 Å². The van der Waals surface area contributed by atoms with Crippen molar-refractivity contribution in [1.82, 2.24) is 0 Å².